The van der Waals surface area contributed by atoms with Crippen molar-refractivity contribution >= 4 is 0 Å². The monoisotopic (exact) mass is 282 g/mol. The van der Waals surface area contributed by atoms with Crippen LogP contribution >= 0.6 is 0 Å². The van der Waals surface area contributed by atoms with E-state index >= 15 is 0 Å². The fraction of sp³-hybridized carbons (Fsp3) is 0.412. The third-order valence-electron chi connectivity index (χ3n) is 3.61. The fourth-order valence-electron chi connectivity index (χ4n) is 2.29. The van der Waals surface area contributed by atoms with Crippen LogP contribution < -0.4 is 5.32 Å². The van der Waals surface area contributed by atoms with Gasteiger partial charge in [-0.2, -0.15) is 10.4 Å². The predicted octanol–water partition coefficient (Wildman–Crippen LogP) is 3.13. The highest BCUT2D eigenvalue weighted by Crippen LogP contribution is 2.18. The van der Waals surface area contributed by atoms with Crippen LogP contribution in [0.25, 0.3) is 5.69 Å². The zero-order valence-electron chi connectivity index (χ0n) is 13.1. The largest absolute Gasteiger partial charge is 0.311 e. The Hall–Kier alpha value is -2.12. The Morgan fingerprint density at radius 2 is 1.90 bits per heavy atom. The van der Waals surface area contributed by atoms with Crippen molar-refractivity contribution in [2.24, 2.45) is 5.41 Å². The van der Waals surface area contributed by atoms with Crippen molar-refractivity contribution in [1.29, 1.82) is 5.26 Å². The van der Waals surface area contributed by atoms with E-state index in [1.54, 1.807) is 0 Å². The predicted molar refractivity (Wildman–Crippen MR) is 84.1 cm³/mol. The van der Waals surface area contributed by atoms with Crippen LogP contribution in [0.2, 0.25) is 0 Å². The molecule has 0 saturated carbocycles. The van der Waals surface area contributed by atoms with Gasteiger partial charge < -0.3 is 5.32 Å². The standard InChI is InChI=1S/C17H22N4/c1-13-16(10-19-12-17(3,4)11-18)14(2)21(20-13)15-8-6-5-7-9-15/h5-9,19H,10,12H2,1-4H3. The number of nitriles is 1. The second-order valence-corrected chi connectivity index (χ2v) is 6.00. The van der Waals surface area contributed by atoms with E-state index in [1.807, 2.05) is 43.7 Å². The van der Waals surface area contributed by atoms with Gasteiger partial charge in [-0.05, 0) is 39.8 Å². The lowest BCUT2D eigenvalue weighted by Gasteiger charge is -2.16. The molecule has 0 aliphatic heterocycles. The number of para-hydroxylation sites is 1. The van der Waals surface area contributed by atoms with E-state index in [2.05, 4.69) is 35.5 Å². The Bertz CT molecular complexity index is 647. The van der Waals surface area contributed by atoms with Gasteiger partial charge in [-0.3, -0.25) is 0 Å². The number of rotatable bonds is 5. The van der Waals surface area contributed by atoms with Gasteiger partial charge in [-0.1, -0.05) is 18.2 Å². The maximum absolute atomic E-state index is 9.05. The van der Waals surface area contributed by atoms with Crippen molar-refractivity contribution in [2.45, 2.75) is 34.2 Å². The molecule has 1 aromatic heterocycles. The lowest BCUT2D eigenvalue weighted by molar-refractivity contribution is 0.444. The minimum atomic E-state index is -0.350. The molecule has 0 amide bonds. The molecule has 1 aromatic carbocycles. The first kappa shape index (κ1) is 15.3. The molecule has 0 aliphatic rings. The summed E-state index contributed by atoms with van der Waals surface area (Å²) in [5, 5.41) is 17.0. The van der Waals surface area contributed by atoms with E-state index < -0.39 is 0 Å². The van der Waals surface area contributed by atoms with Gasteiger partial charge in [0.15, 0.2) is 0 Å². The molecular formula is C17H22N4. The van der Waals surface area contributed by atoms with Gasteiger partial charge in [-0.25, -0.2) is 4.68 Å². The zero-order chi connectivity index (χ0) is 15.5. The van der Waals surface area contributed by atoms with Gasteiger partial charge in [0.05, 0.1) is 22.9 Å². The maximum atomic E-state index is 9.05. The first-order valence-electron chi connectivity index (χ1n) is 7.17. The molecular weight excluding hydrogens is 260 g/mol. The fourth-order valence-corrected chi connectivity index (χ4v) is 2.29. The smallest absolute Gasteiger partial charge is 0.0697 e. The topological polar surface area (TPSA) is 53.6 Å². The van der Waals surface area contributed by atoms with Crippen molar-refractivity contribution in [3.05, 3.63) is 47.3 Å². The molecule has 4 heteroatoms. The van der Waals surface area contributed by atoms with Gasteiger partial charge in [0, 0.05) is 24.3 Å². The van der Waals surface area contributed by atoms with E-state index in [9.17, 15) is 0 Å². The number of aromatic nitrogens is 2. The molecule has 110 valence electrons. The molecule has 4 nitrogen and oxygen atoms in total. The zero-order valence-corrected chi connectivity index (χ0v) is 13.1. The molecule has 1 heterocycles. The highest BCUT2D eigenvalue weighted by molar-refractivity contribution is 5.36. The lowest BCUT2D eigenvalue weighted by Crippen LogP contribution is -2.28. The van der Waals surface area contributed by atoms with Gasteiger partial charge in [0.25, 0.3) is 0 Å². The summed E-state index contributed by atoms with van der Waals surface area (Å²) in [7, 11) is 0. The summed E-state index contributed by atoms with van der Waals surface area (Å²) in [4.78, 5) is 0. The van der Waals surface area contributed by atoms with Crippen LogP contribution in [0.3, 0.4) is 0 Å². The average molecular weight is 282 g/mol. The van der Waals surface area contributed by atoms with Gasteiger partial charge >= 0.3 is 0 Å². The molecule has 0 aliphatic carbocycles. The summed E-state index contributed by atoms with van der Waals surface area (Å²) in [6.45, 7) is 9.38. The van der Waals surface area contributed by atoms with Crippen molar-refractivity contribution < 1.29 is 0 Å². The van der Waals surface area contributed by atoms with Gasteiger partial charge in [0.1, 0.15) is 0 Å². The molecule has 0 bridgehead atoms. The number of hydrogen-bond donors (Lipinski definition) is 1. The van der Waals surface area contributed by atoms with E-state index in [0.29, 0.717) is 6.54 Å². The molecule has 2 rings (SSSR count). The highest BCUT2D eigenvalue weighted by atomic mass is 15.3. The van der Waals surface area contributed by atoms with E-state index in [4.69, 9.17) is 5.26 Å². The summed E-state index contributed by atoms with van der Waals surface area (Å²) >= 11 is 0. The van der Waals surface area contributed by atoms with Crippen LogP contribution in [0.4, 0.5) is 0 Å². The first-order chi connectivity index (χ1) is 9.94. The average Bonchev–Trinajstić information content (AvgIpc) is 2.76. The summed E-state index contributed by atoms with van der Waals surface area (Å²) in [5.74, 6) is 0. The van der Waals surface area contributed by atoms with Crippen LogP contribution in [0.5, 0.6) is 0 Å². The van der Waals surface area contributed by atoms with Crippen LogP contribution in [0, 0.1) is 30.6 Å². The summed E-state index contributed by atoms with van der Waals surface area (Å²) in [6, 6.07) is 12.4. The third kappa shape index (κ3) is 3.50. The van der Waals surface area contributed by atoms with Crippen LogP contribution in [-0.2, 0) is 6.54 Å². The summed E-state index contributed by atoms with van der Waals surface area (Å²) in [6.07, 6.45) is 0. The normalized spacial score (nSPS) is 11.4. The van der Waals surface area contributed by atoms with Crippen molar-refractivity contribution in [2.75, 3.05) is 6.54 Å². The molecule has 0 atom stereocenters. The molecule has 0 unspecified atom stereocenters. The van der Waals surface area contributed by atoms with Crippen molar-refractivity contribution in [1.82, 2.24) is 15.1 Å². The van der Waals surface area contributed by atoms with Crippen LogP contribution in [0.15, 0.2) is 30.3 Å². The Kier molecular flexibility index (Phi) is 4.44. The number of aryl methyl sites for hydroxylation is 1. The van der Waals surface area contributed by atoms with E-state index in [0.717, 1.165) is 23.6 Å². The second kappa shape index (κ2) is 6.11. The minimum absolute atomic E-state index is 0.350. The Labute approximate surface area is 126 Å². The maximum Gasteiger partial charge on any atom is 0.0697 e. The highest BCUT2D eigenvalue weighted by Gasteiger charge is 2.17. The van der Waals surface area contributed by atoms with Crippen LogP contribution in [-0.4, -0.2) is 16.3 Å². The van der Waals surface area contributed by atoms with E-state index in [-0.39, 0.29) is 5.41 Å². The van der Waals surface area contributed by atoms with Crippen molar-refractivity contribution in [3.8, 4) is 11.8 Å². The van der Waals surface area contributed by atoms with Crippen LogP contribution in [0.1, 0.15) is 30.8 Å². The molecule has 1 N–H and O–H groups in total. The summed E-state index contributed by atoms with van der Waals surface area (Å²) < 4.78 is 1.97. The molecule has 0 spiro atoms. The lowest BCUT2D eigenvalue weighted by atomic mass is 9.96. The molecule has 0 fully saturated rings. The summed E-state index contributed by atoms with van der Waals surface area (Å²) in [5.41, 5.74) is 4.09. The van der Waals surface area contributed by atoms with Crippen molar-refractivity contribution in [3.63, 3.8) is 0 Å². The van der Waals surface area contributed by atoms with Gasteiger partial charge in [0.2, 0.25) is 0 Å². The third-order valence-corrected chi connectivity index (χ3v) is 3.61. The minimum Gasteiger partial charge on any atom is -0.311 e. The molecule has 0 saturated heterocycles. The number of nitrogens with zero attached hydrogens (tertiary/aromatic N) is 3. The Balaban J connectivity index is 2.16. The van der Waals surface area contributed by atoms with E-state index in [1.165, 1.54) is 5.56 Å². The molecule has 0 radical (unpaired) electrons. The second-order valence-electron chi connectivity index (χ2n) is 6.00. The van der Waals surface area contributed by atoms with Gasteiger partial charge in [-0.15, -0.1) is 0 Å². The quantitative estimate of drug-likeness (QED) is 0.916. The molecule has 2 aromatic rings. The Morgan fingerprint density at radius 3 is 2.52 bits per heavy atom. The number of hydrogen-bond acceptors (Lipinski definition) is 3. The SMILES string of the molecule is Cc1nn(-c2ccccc2)c(C)c1CNCC(C)(C)C#N. The number of nitrogens with one attached hydrogen (secondary N) is 1. The first-order valence-corrected chi connectivity index (χ1v) is 7.17. The number of benzene rings is 1. The molecule has 21 heavy (non-hydrogen) atoms. The Morgan fingerprint density at radius 1 is 1.24 bits per heavy atom.